The van der Waals surface area contributed by atoms with E-state index in [2.05, 4.69) is 21.2 Å². The molecule has 7 heteroatoms. The SMILES string of the molecule is O=C(CCc1ccc(S(=O)(=O)N2CCCCCC2)cc1)Nc1ccccc1Br. The summed E-state index contributed by atoms with van der Waals surface area (Å²) >= 11 is 3.41. The minimum atomic E-state index is -3.43. The van der Waals surface area contributed by atoms with Crippen LogP contribution in [-0.2, 0) is 21.2 Å². The van der Waals surface area contributed by atoms with Crippen LogP contribution in [0.2, 0.25) is 0 Å². The van der Waals surface area contributed by atoms with Gasteiger partial charge < -0.3 is 5.32 Å². The maximum Gasteiger partial charge on any atom is 0.243 e. The molecular weight excluding hydrogens is 440 g/mol. The zero-order valence-electron chi connectivity index (χ0n) is 15.7. The van der Waals surface area contributed by atoms with Crippen LogP contribution < -0.4 is 5.32 Å². The lowest BCUT2D eigenvalue weighted by molar-refractivity contribution is -0.116. The zero-order chi connectivity index (χ0) is 20.0. The third-order valence-corrected chi connectivity index (χ3v) is 7.52. The maximum absolute atomic E-state index is 12.8. The van der Waals surface area contributed by atoms with Gasteiger partial charge in [0, 0.05) is 24.0 Å². The molecular formula is C21H25BrN2O3S. The Morgan fingerprint density at radius 3 is 2.25 bits per heavy atom. The number of halogens is 1. The molecule has 0 spiro atoms. The first-order valence-electron chi connectivity index (χ1n) is 9.60. The zero-order valence-corrected chi connectivity index (χ0v) is 18.1. The number of carbonyl (C=O) groups excluding carboxylic acids is 1. The molecule has 0 aliphatic carbocycles. The minimum Gasteiger partial charge on any atom is -0.325 e. The molecule has 5 nitrogen and oxygen atoms in total. The topological polar surface area (TPSA) is 66.5 Å². The van der Waals surface area contributed by atoms with Gasteiger partial charge in [-0.1, -0.05) is 37.1 Å². The molecule has 1 amide bonds. The van der Waals surface area contributed by atoms with Crippen molar-refractivity contribution in [3.8, 4) is 0 Å². The van der Waals surface area contributed by atoms with Gasteiger partial charge in [0.25, 0.3) is 0 Å². The summed E-state index contributed by atoms with van der Waals surface area (Å²) < 4.78 is 28.1. The number of benzene rings is 2. The predicted molar refractivity (Wildman–Crippen MR) is 115 cm³/mol. The predicted octanol–water partition coefficient (Wildman–Crippen LogP) is 4.59. The number of anilines is 1. The highest BCUT2D eigenvalue weighted by atomic mass is 79.9. The maximum atomic E-state index is 12.8. The average molecular weight is 465 g/mol. The highest BCUT2D eigenvalue weighted by Crippen LogP contribution is 2.22. The van der Waals surface area contributed by atoms with Crippen LogP contribution in [0.15, 0.2) is 57.9 Å². The van der Waals surface area contributed by atoms with E-state index in [0.29, 0.717) is 30.8 Å². The van der Waals surface area contributed by atoms with E-state index in [1.54, 1.807) is 28.6 Å². The number of hydrogen-bond acceptors (Lipinski definition) is 3. The fourth-order valence-electron chi connectivity index (χ4n) is 3.29. The molecule has 28 heavy (non-hydrogen) atoms. The standard InChI is InChI=1S/C21H25BrN2O3S/c22-19-7-3-4-8-20(19)23-21(25)14-11-17-9-12-18(13-10-17)28(26,27)24-15-5-1-2-6-16-24/h3-4,7-10,12-13H,1-2,5-6,11,14-16H2,(H,23,25). The third kappa shape index (κ3) is 5.43. The van der Waals surface area contributed by atoms with Crippen molar-refractivity contribution in [2.75, 3.05) is 18.4 Å². The van der Waals surface area contributed by atoms with Crippen LogP contribution in [0, 0.1) is 0 Å². The van der Waals surface area contributed by atoms with Crippen LogP contribution in [0.4, 0.5) is 5.69 Å². The molecule has 0 bridgehead atoms. The van der Waals surface area contributed by atoms with Crippen molar-refractivity contribution in [2.24, 2.45) is 0 Å². The number of nitrogens with one attached hydrogen (secondary N) is 1. The Labute approximate surface area is 175 Å². The van der Waals surface area contributed by atoms with Gasteiger partial charge in [0.15, 0.2) is 0 Å². The number of aryl methyl sites for hydroxylation is 1. The first-order valence-corrected chi connectivity index (χ1v) is 11.8. The van der Waals surface area contributed by atoms with Crippen molar-refractivity contribution in [2.45, 2.75) is 43.4 Å². The molecule has 0 aromatic heterocycles. The molecule has 0 radical (unpaired) electrons. The monoisotopic (exact) mass is 464 g/mol. The number of nitrogens with zero attached hydrogens (tertiary/aromatic N) is 1. The van der Waals surface area contributed by atoms with Gasteiger partial charge >= 0.3 is 0 Å². The smallest absolute Gasteiger partial charge is 0.243 e. The Balaban J connectivity index is 1.58. The summed E-state index contributed by atoms with van der Waals surface area (Å²) in [6.45, 7) is 1.19. The van der Waals surface area contributed by atoms with Gasteiger partial charge in [0.1, 0.15) is 0 Å². The van der Waals surface area contributed by atoms with Gasteiger partial charge in [0.05, 0.1) is 10.6 Å². The lowest BCUT2D eigenvalue weighted by Gasteiger charge is -2.20. The number of sulfonamides is 1. The van der Waals surface area contributed by atoms with Crippen molar-refractivity contribution in [1.82, 2.24) is 4.31 Å². The molecule has 0 saturated carbocycles. The second-order valence-electron chi connectivity index (χ2n) is 6.99. The fraction of sp³-hybridized carbons (Fsp3) is 0.381. The Bertz CT molecular complexity index is 906. The summed E-state index contributed by atoms with van der Waals surface area (Å²) in [7, 11) is -3.43. The van der Waals surface area contributed by atoms with Gasteiger partial charge in [-0.2, -0.15) is 4.31 Å². The number of hydrogen-bond donors (Lipinski definition) is 1. The fourth-order valence-corrected chi connectivity index (χ4v) is 5.19. The Kier molecular flexibility index (Phi) is 7.26. The summed E-state index contributed by atoms with van der Waals surface area (Å²) in [6, 6.07) is 14.4. The highest BCUT2D eigenvalue weighted by Gasteiger charge is 2.24. The van der Waals surface area contributed by atoms with Gasteiger partial charge in [-0.25, -0.2) is 8.42 Å². The van der Waals surface area contributed by atoms with Gasteiger partial charge in [0.2, 0.25) is 15.9 Å². The van der Waals surface area contributed by atoms with Crippen molar-refractivity contribution in [3.63, 3.8) is 0 Å². The van der Waals surface area contributed by atoms with E-state index in [-0.39, 0.29) is 5.91 Å². The Morgan fingerprint density at radius 1 is 0.964 bits per heavy atom. The summed E-state index contributed by atoms with van der Waals surface area (Å²) in [5.74, 6) is -0.0758. The van der Waals surface area contributed by atoms with Crippen molar-refractivity contribution in [1.29, 1.82) is 0 Å². The van der Waals surface area contributed by atoms with Gasteiger partial charge in [-0.15, -0.1) is 0 Å². The number of carbonyl (C=O) groups is 1. The quantitative estimate of drug-likeness (QED) is 0.679. The van der Waals surface area contributed by atoms with Gasteiger partial charge in [-0.05, 0) is 65.0 Å². The highest BCUT2D eigenvalue weighted by molar-refractivity contribution is 9.10. The molecule has 1 aliphatic rings. The van der Waals surface area contributed by atoms with E-state index in [1.165, 1.54) is 0 Å². The molecule has 2 aromatic rings. The molecule has 1 aliphatic heterocycles. The third-order valence-electron chi connectivity index (χ3n) is 4.91. The molecule has 1 N–H and O–H groups in total. The molecule has 1 heterocycles. The molecule has 0 atom stereocenters. The van der Waals surface area contributed by atoms with E-state index in [9.17, 15) is 13.2 Å². The molecule has 1 fully saturated rings. The van der Waals surface area contributed by atoms with E-state index < -0.39 is 10.0 Å². The lowest BCUT2D eigenvalue weighted by atomic mass is 10.1. The van der Waals surface area contributed by atoms with Crippen molar-refractivity contribution in [3.05, 3.63) is 58.6 Å². The molecule has 150 valence electrons. The summed E-state index contributed by atoms with van der Waals surface area (Å²) in [4.78, 5) is 12.5. The van der Waals surface area contributed by atoms with Crippen LogP contribution in [0.5, 0.6) is 0 Å². The molecule has 0 unspecified atom stereocenters. The van der Waals surface area contributed by atoms with E-state index in [0.717, 1.165) is 41.4 Å². The normalized spacial score (nSPS) is 15.8. The van der Waals surface area contributed by atoms with Crippen LogP contribution in [-0.4, -0.2) is 31.7 Å². The number of rotatable bonds is 6. The van der Waals surface area contributed by atoms with Gasteiger partial charge in [-0.3, -0.25) is 4.79 Å². The summed E-state index contributed by atoms with van der Waals surface area (Å²) in [5, 5.41) is 2.88. The first kappa shape index (κ1) is 21.0. The number of amides is 1. The van der Waals surface area contributed by atoms with Crippen LogP contribution in [0.3, 0.4) is 0 Å². The van der Waals surface area contributed by atoms with E-state index in [1.807, 2.05) is 24.3 Å². The Morgan fingerprint density at radius 2 is 1.61 bits per heavy atom. The molecule has 1 saturated heterocycles. The van der Waals surface area contributed by atoms with E-state index >= 15 is 0 Å². The second kappa shape index (κ2) is 9.67. The Hall–Kier alpha value is -1.70. The summed E-state index contributed by atoms with van der Waals surface area (Å²) in [5.41, 5.74) is 1.68. The van der Waals surface area contributed by atoms with Crippen molar-refractivity contribution < 1.29 is 13.2 Å². The largest absolute Gasteiger partial charge is 0.325 e. The first-order chi connectivity index (χ1) is 13.5. The summed E-state index contributed by atoms with van der Waals surface area (Å²) in [6.07, 6.45) is 4.91. The second-order valence-corrected chi connectivity index (χ2v) is 9.78. The minimum absolute atomic E-state index is 0.0758. The average Bonchev–Trinajstić information content (AvgIpc) is 2.99. The number of para-hydroxylation sites is 1. The molecule has 3 rings (SSSR count). The lowest BCUT2D eigenvalue weighted by Crippen LogP contribution is -2.31. The van der Waals surface area contributed by atoms with E-state index in [4.69, 9.17) is 0 Å². The van der Waals surface area contributed by atoms with Crippen LogP contribution in [0.25, 0.3) is 0 Å². The van der Waals surface area contributed by atoms with Crippen LogP contribution in [0.1, 0.15) is 37.7 Å². The molecule has 2 aromatic carbocycles. The van der Waals surface area contributed by atoms with Crippen LogP contribution >= 0.6 is 15.9 Å². The van der Waals surface area contributed by atoms with Crippen molar-refractivity contribution >= 4 is 37.5 Å².